The van der Waals surface area contributed by atoms with Crippen LogP contribution < -0.4 is 10.2 Å². The second kappa shape index (κ2) is 8.33. The first kappa shape index (κ1) is 18.4. The van der Waals surface area contributed by atoms with Crippen LogP contribution in [0.2, 0.25) is 5.15 Å². The summed E-state index contributed by atoms with van der Waals surface area (Å²) in [5, 5.41) is 3.66. The summed E-state index contributed by atoms with van der Waals surface area (Å²) < 4.78 is 4.72. The molecule has 0 amide bonds. The van der Waals surface area contributed by atoms with E-state index in [0.717, 1.165) is 37.6 Å². The van der Waals surface area contributed by atoms with Gasteiger partial charge in [0.1, 0.15) is 16.8 Å². The first-order valence-corrected chi connectivity index (χ1v) is 8.83. The number of aryl methyl sites for hydroxylation is 1. The molecule has 1 fully saturated rings. The SMILES string of the molecule is COC(=O)CN1CCN(c2ccc(Nc3cc(Cl)nc(C)n3)cc2)CC1. The van der Waals surface area contributed by atoms with Crippen LogP contribution in [0.5, 0.6) is 0 Å². The van der Waals surface area contributed by atoms with E-state index in [1.54, 1.807) is 13.0 Å². The summed E-state index contributed by atoms with van der Waals surface area (Å²) in [5.74, 6) is 1.11. The van der Waals surface area contributed by atoms with Crippen molar-refractivity contribution in [1.29, 1.82) is 0 Å². The lowest BCUT2D eigenvalue weighted by molar-refractivity contribution is -0.142. The number of nitrogens with zero attached hydrogens (tertiary/aromatic N) is 4. The summed E-state index contributed by atoms with van der Waals surface area (Å²) in [6, 6.07) is 9.88. The lowest BCUT2D eigenvalue weighted by Crippen LogP contribution is -2.48. The molecule has 0 radical (unpaired) electrons. The van der Waals surface area contributed by atoms with Crippen LogP contribution >= 0.6 is 11.6 Å². The van der Waals surface area contributed by atoms with Crippen molar-refractivity contribution in [2.75, 3.05) is 50.1 Å². The molecule has 7 nitrogen and oxygen atoms in total. The van der Waals surface area contributed by atoms with Gasteiger partial charge in [0.05, 0.1) is 13.7 Å². The first-order valence-electron chi connectivity index (χ1n) is 8.46. The van der Waals surface area contributed by atoms with Crippen LogP contribution in [0.25, 0.3) is 0 Å². The zero-order chi connectivity index (χ0) is 18.5. The third-order valence-corrected chi connectivity index (χ3v) is 4.46. The van der Waals surface area contributed by atoms with Crippen LogP contribution in [-0.4, -0.2) is 60.7 Å². The van der Waals surface area contributed by atoms with Gasteiger partial charge in [0, 0.05) is 43.6 Å². The number of benzene rings is 1. The molecule has 1 aliphatic heterocycles. The maximum atomic E-state index is 11.4. The van der Waals surface area contributed by atoms with E-state index < -0.39 is 0 Å². The van der Waals surface area contributed by atoms with Gasteiger partial charge in [-0.25, -0.2) is 9.97 Å². The van der Waals surface area contributed by atoms with Gasteiger partial charge in [-0.05, 0) is 31.2 Å². The van der Waals surface area contributed by atoms with Crippen LogP contribution in [0.3, 0.4) is 0 Å². The number of ether oxygens (including phenoxy) is 1. The third kappa shape index (κ3) is 4.83. The molecule has 1 saturated heterocycles. The number of piperazine rings is 1. The van der Waals surface area contributed by atoms with Crippen LogP contribution in [0.15, 0.2) is 30.3 Å². The highest BCUT2D eigenvalue weighted by atomic mass is 35.5. The number of nitrogens with one attached hydrogen (secondary N) is 1. The van der Waals surface area contributed by atoms with Crippen molar-refractivity contribution in [2.45, 2.75) is 6.92 Å². The molecule has 26 heavy (non-hydrogen) atoms. The Kier molecular flexibility index (Phi) is 5.90. The number of hydrogen-bond donors (Lipinski definition) is 1. The number of halogens is 1. The van der Waals surface area contributed by atoms with E-state index in [1.165, 1.54) is 7.11 Å². The molecule has 1 aromatic carbocycles. The summed E-state index contributed by atoms with van der Waals surface area (Å²) in [7, 11) is 1.42. The van der Waals surface area contributed by atoms with Crippen LogP contribution in [-0.2, 0) is 9.53 Å². The lowest BCUT2D eigenvalue weighted by atomic mass is 10.2. The number of esters is 1. The molecule has 138 valence electrons. The average molecular weight is 376 g/mol. The Morgan fingerprint density at radius 3 is 2.50 bits per heavy atom. The largest absolute Gasteiger partial charge is 0.468 e. The molecule has 2 heterocycles. The molecule has 3 rings (SSSR count). The minimum absolute atomic E-state index is 0.186. The molecule has 0 unspecified atom stereocenters. The van der Waals surface area contributed by atoms with Crippen LogP contribution in [0, 0.1) is 6.92 Å². The molecule has 0 bridgehead atoms. The fraction of sp³-hybridized carbons (Fsp3) is 0.389. The highest BCUT2D eigenvalue weighted by molar-refractivity contribution is 6.29. The van der Waals surface area contributed by atoms with Gasteiger partial charge in [0.15, 0.2) is 0 Å². The predicted molar refractivity (Wildman–Crippen MR) is 102 cm³/mol. The molecular weight excluding hydrogens is 354 g/mol. The molecule has 0 aliphatic carbocycles. The Morgan fingerprint density at radius 1 is 1.19 bits per heavy atom. The maximum Gasteiger partial charge on any atom is 0.319 e. The molecule has 0 spiro atoms. The van der Waals surface area contributed by atoms with E-state index in [1.807, 2.05) is 12.1 Å². The Balaban J connectivity index is 1.57. The molecule has 0 atom stereocenters. The van der Waals surface area contributed by atoms with Crippen LogP contribution in [0.1, 0.15) is 5.82 Å². The van der Waals surface area contributed by atoms with Gasteiger partial charge in [-0.15, -0.1) is 0 Å². The first-order chi connectivity index (χ1) is 12.5. The van der Waals surface area contributed by atoms with Crippen molar-refractivity contribution in [2.24, 2.45) is 0 Å². The van der Waals surface area contributed by atoms with Gasteiger partial charge in [0.2, 0.25) is 0 Å². The summed E-state index contributed by atoms with van der Waals surface area (Å²) in [6.07, 6.45) is 0. The lowest BCUT2D eigenvalue weighted by Gasteiger charge is -2.35. The number of carbonyl (C=O) groups excluding carboxylic acids is 1. The summed E-state index contributed by atoms with van der Waals surface area (Å²) in [5.41, 5.74) is 2.09. The van der Waals surface area contributed by atoms with E-state index in [9.17, 15) is 4.79 Å². The van der Waals surface area contributed by atoms with E-state index in [-0.39, 0.29) is 5.97 Å². The maximum absolute atomic E-state index is 11.4. The fourth-order valence-corrected chi connectivity index (χ4v) is 3.14. The number of hydrogen-bond acceptors (Lipinski definition) is 7. The third-order valence-electron chi connectivity index (χ3n) is 4.26. The number of aromatic nitrogens is 2. The summed E-state index contributed by atoms with van der Waals surface area (Å²) in [4.78, 5) is 24.2. The van der Waals surface area contributed by atoms with Gasteiger partial charge in [-0.1, -0.05) is 11.6 Å². The molecule has 1 aliphatic rings. The predicted octanol–water partition coefficient (Wildman–Crippen LogP) is 2.48. The summed E-state index contributed by atoms with van der Waals surface area (Å²) in [6.45, 7) is 5.60. The minimum atomic E-state index is -0.186. The molecule has 8 heteroatoms. The monoisotopic (exact) mass is 375 g/mol. The van der Waals surface area contributed by atoms with E-state index in [2.05, 4.69) is 37.2 Å². The van der Waals surface area contributed by atoms with Gasteiger partial charge >= 0.3 is 5.97 Å². The quantitative estimate of drug-likeness (QED) is 0.635. The van der Waals surface area contributed by atoms with Crippen molar-refractivity contribution in [3.63, 3.8) is 0 Å². The molecule has 0 saturated carbocycles. The molecule has 1 aromatic heterocycles. The smallest absolute Gasteiger partial charge is 0.319 e. The van der Waals surface area contributed by atoms with Crippen LogP contribution in [0.4, 0.5) is 17.2 Å². The highest BCUT2D eigenvalue weighted by Gasteiger charge is 2.19. The van der Waals surface area contributed by atoms with Crippen molar-refractivity contribution in [1.82, 2.24) is 14.9 Å². The standard InChI is InChI=1S/C18H22ClN5O2/c1-13-20-16(19)11-17(21-13)22-14-3-5-15(6-4-14)24-9-7-23(8-10-24)12-18(25)26-2/h3-6,11H,7-10,12H2,1-2H3,(H,20,21,22). The number of carbonyl (C=O) groups is 1. The molecule has 1 N–H and O–H groups in total. The second-order valence-electron chi connectivity index (χ2n) is 6.13. The van der Waals surface area contributed by atoms with Crippen molar-refractivity contribution >= 4 is 34.8 Å². The normalized spacial score (nSPS) is 15.0. The van der Waals surface area contributed by atoms with E-state index in [0.29, 0.717) is 23.3 Å². The zero-order valence-electron chi connectivity index (χ0n) is 14.9. The van der Waals surface area contributed by atoms with Gasteiger partial charge in [-0.3, -0.25) is 9.69 Å². The number of methoxy groups -OCH3 is 1. The van der Waals surface area contributed by atoms with E-state index in [4.69, 9.17) is 16.3 Å². The number of rotatable bonds is 5. The number of anilines is 3. The van der Waals surface area contributed by atoms with Gasteiger partial charge in [0.25, 0.3) is 0 Å². The van der Waals surface area contributed by atoms with Crippen molar-refractivity contribution in [3.8, 4) is 0 Å². The van der Waals surface area contributed by atoms with Crippen molar-refractivity contribution in [3.05, 3.63) is 41.3 Å². The highest BCUT2D eigenvalue weighted by Crippen LogP contribution is 2.22. The zero-order valence-corrected chi connectivity index (χ0v) is 15.7. The summed E-state index contributed by atoms with van der Waals surface area (Å²) >= 11 is 5.96. The average Bonchev–Trinajstić information content (AvgIpc) is 2.62. The fourth-order valence-electron chi connectivity index (χ4n) is 2.91. The van der Waals surface area contributed by atoms with Gasteiger partial charge in [-0.2, -0.15) is 0 Å². The van der Waals surface area contributed by atoms with E-state index >= 15 is 0 Å². The molecular formula is C18H22ClN5O2. The Morgan fingerprint density at radius 2 is 1.88 bits per heavy atom. The van der Waals surface area contributed by atoms with Gasteiger partial charge < -0.3 is 15.0 Å². The second-order valence-corrected chi connectivity index (χ2v) is 6.52. The molecule has 2 aromatic rings. The Hall–Kier alpha value is -2.38. The minimum Gasteiger partial charge on any atom is -0.468 e. The Bertz CT molecular complexity index is 740. The topological polar surface area (TPSA) is 70.6 Å². The Labute approximate surface area is 157 Å². The van der Waals surface area contributed by atoms with Crippen molar-refractivity contribution < 1.29 is 9.53 Å².